The van der Waals surface area contributed by atoms with E-state index in [-0.39, 0.29) is 17.3 Å². The Bertz CT molecular complexity index is 1370. The first-order chi connectivity index (χ1) is 16.9. The predicted octanol–water partition coefficient (Wildman–Crippen LogP) is 2.59. The smallest absolute Gasteiger partial charge is 0.292 e. The van der Waals surface area contributed by atoms with Gasteiger partial charge in [0.1, 0.15) is 6.61 Å². The summed E-state index contributed by atoms with van der Waals surface area (Å²) in [7, 11) is 1.56. The monoisotopic (exact) mass is 476 g/mol. The van der Waals surface area contributed by atoms with E-state index in [2.05, 4.69) is 35.8 Å². The number of hydrogen-bond acceptors (Lipinski definition) is 10. The molecule has 2 heterocycles. The maximum Gasteiger partial charge on any atom is 0.292 e. The van der Waals surface area contributed by atoms with Crippen LogP contribution >= 0.6 is 0 Å². The highest BCUT2D eigenvalue weighted by molar-refractivity contribution is 6.01. The van der Waals surface area contributed by atoms with Crippen molar-refractivity contribution in [2.45, 2.75) is 27.4 Å². The third kappa shape index (κ3) is 5.11. The van der Waals surface area contributed by atoms with Crippen LogP contribution in [0, 0.1) is 13.8 Å². The molecule has 3 N–H and O–H groups in total. The molecule has 0 spiro atoms. The number of nitrogens with one attached hydrogen (secondary N) is 1. The van der Waals surface area contributed by atoms with E-state index in [1.165, 1.54) is 5.56 Å². The number of rotatable bonds is 8. The topological polar surface area (TPSA) is 156 Å². The molecule has 0 aliphatic rings. The number of nitrogens with zero attached hydrogens (tertiary/aromatic N) is 6. The van der Waals surface area contributed by atoms with Crippen LogP contribution in [0.2, 0.25) is 0 Å². The Hall–Kier alpha value is -4.74. The van der Waals surface area contributed by atoms with Gasteiger partial charge in [-0.3, -0.25) is 4.79 Å². The molecule has 0 saturated heterocycles. The number of carbonyl (C=O) groups is 1. The van der Waals surface area contributed by atoms with Crippen molar-refractivity contribution in [1.29, 1.82) is 0 Å². The summed E-state index contributed by atoms with van der Waals surface area (Å²) in [5.41, 5.74) is 12.2. The average molecular weight is 476 g/mol. The van der Waals surface area contributed by atoms with Crippen molar-refractivity contribution < 1.29 is 18.9 Å². The first-order valence-electron chi connectivity index (χ1n) is 10.6. The Morgan fingerprint density at radius 1 is 1.14 bits per heavy atom. The lowest BCUT2D eigenvalue weighted by Gasteiger charge is -2.12. The molecule has 2 aromatic heterocycles. The number of amides is 1. The third-order valence-corrected chi connectivity index (χ3v) is 5.17. The van der Waals surface area contributed by atoms with Gasteiger partial charge in [-0.2, -0.15) is 9.78 Å². The summed E-state index contributed by atoms with van der Waals surface area (Å²) in [6.07, 6.45) is 0. The quantitative estimate of drug-likeness (QED) is 0.288. The summed E-state index contributed by atoms with van der Waals surface area (Å²) >= 11 is 0. The van der Waals surface area contributed by atoms with E-state index < -0.39 is 5.91 Å². The zero-order chi connectivity index (χ0) is 24.9. The van der Waals surface area contributed by atoms with Gasteiger partial charge in [-0.05, 0) is 54.8 Å². The second-order valence-electron chi connectivity index (χ2n) is 7.69. The Labute approximate surface area is 200 Å². The van der Waals surface area contributed by atoms with E-state index in [1.807, 2.05) is 37.3 Å². The van der Waals surface area contributed by atoms with Crippen LogP contribution in [0.1, 0.15) is 39.8 Å². The normalized spacial score (nSPS) is 11.4. The van der Waals surface area contributed by atoms with Gasteiger partial charge in [-0.15, -0.1) is 5.10 Å². The van der Waals surface area contributed by atoms with Gasteiger partial charge in [0.05, 0.1) is 18.5 Å². The number of aromatic nitrogens is 5. The van der Waals surface area contributed by atoms with Crippen LogP contribution < -0.4 is 20.6 Å². The molecule has 0 radical (unpaired) electrons. The first kappa shape index (κ1) is 23.4. The van der Waals surface area contributed by atoms with Crippen LogP contribution in [0.15, 0.2) is 52.2 Å². The number of nitrogens with two attached hydrogens (primary N) is 1. The van der Waals surface area contributed by atoms with Crippen molar-refractivity contribution in [2.24, 2.45) is 5.10 Å². The lowest BCUT2D eigenvalue weighted by Crippen LogP contribution is -2.24. The van der Waals surface area contributed by atoms with Crippen LogP contribution in [-0.4, -0.2) is 44.0 Å². The van der Waals surface area contributed by atoms with Crippen LogP contribution in [0.4, 0.5) is 5.82 Å². The zero-order valence-electron chi connectivity index (χ0n) is 19.6. The molecular formula is C23H24N8O4. The number of ether oxygens (including phenoxy) is 2. The molecule has 35 heavy (non-hydrogen) atoms. The molecule has 0 unspecified atom stereocenters. The Kier molecular flexibility index (Phi) is 6.71. The molecule has 180 valence electrons. The standard InChI is InChI=1S/C23H24N8O4/c1-13-5-7-16(8-6-13)12-34-18-10-9-17(11-19(18)33-4)14(2)25-27-23(32)20-15(3)26-30-31(20)22-21(24)28-35-29-22/h5-11H,12H2,1-4H3,(H2,24,28)(H,27,32)/b25-14+. The SMILES string of the molecule is COc1cc(/C(C)=N/NC(=O)c2c(C)nnn2-c2nonc2N)ccc1OCc1ccc(C)cc1. The third-order valence-electron chi connectivity index (χ3n) is 5.17. The lowest BCUT2D eigenvalue weighted by atomic mass is 10.1. The Morgan fingerprint density at radius 3 is 2.60 bits per heavy atom. The number of carbonyl (C=O) groups excluding carboxylic acids is 1. The number of nitrogen functional groups attached to an aromatic ring is 1. The van der Waals surface area contributed by atoms with Gasteiger partial charge >= 0.3 is 0 Å². The number of anilines is 1. The molecule has 0 aliphatic carbocycles. The molecule has 0 fully saturated rings. The second kappa shape index (κ2) is 10.0. The average Bonchev–Trinajstić information content (AvgIpc) is 3.46. The fourth-order valence-corrected chi connectivity index (χ4v) is 3.21. The fourth-order valence-electron chi connectivity index (χ4n) is 3.21. The number of methoxy groups -OCH3 is 1. The first-order valence-corrected chi connectivity index (χ1v) is 10.6. The molecule has 4 rings (SSSR count). The van der Waals surface area contributed by atoms with Crippen LogP contribution in [-0.2, 0) is 6.61 Å². The summed E-state index contributed by atoms with van der Waals surface area (Å²) in [6, 6.07) is 13.5. The molecular weight excluding hydrogens is 452 g/mol. The largest absolute Gasteiger partial charge is 0.493 e. The van der Waals surface area contributed by atoms with E-state index in [9.17, 15) is 4.79 Å². The van der Waals surface area contributed by atoms with E-state index in [0.29, 0.717) is 29.5 Å². The fraction of sp³-hybridized carbons (Fsp3) is 0.217. The van der Waals surface area contributed by atoms with Gasteiger partial charge in [0.2, 0.25) is 11.6 Å². The van der Waals surface area contributed by atoms with Crippen LogP contribution in [0.5, 0.6) is 11.5 Å². The van der Waals surface area contributed by atoms with Crippen molar-refractivity contribution in [3.63, 3.8) is 0 Å². The molecule has 0 aliphatic heterocycles. The van der Waals surface area contributed by atoms with Gasteiger partial charge in [0.25, 0.3) is 5.91 Å². The highest BCUT2D eigenvalue weighted by atomic mass is 16.6. The predicted molar refractivity (Wildman–Crippen MR) is 127 cm³/mol. The van der Waals surface area contributed by atoms with Crippen molar-refractivity contribution in [1.82, 2.24) is 30.7 Å². The van der Waals surface area contributed by atoms with Gasteiger partial charge in [0.15, 0.2) is 17.2 Å². The van der Waals surface area contributed by atoms with E-state index >= 15 is 0 Å². The summed E-state index contributed by atoms with van der Waals surface area (Å²) in [5.74, 6) is 0.614. The molecule has 1 amide bonds. The van der Waals surface area contributed by atoms with E-state index in [4.69, 9.17) is 15.2 Å². The summed E-state index contributed by atoms with van der Waals surface area (Å²) in [5, 5.41) is 19.1. The van der Waals surface area contributed by atoms with Crippen LogP contribution in [0.3, 0.4) is 0 Å². The molecule has 12 heteroatoms. The summed E-state index contributed by atoms with van der Waals surface area (Å²) in [6.45, 7) is 5.82. The van der Waals surface area contributed by atoms with Crippen molar-refractivity contribution in [3.8, 4) is 17.3 Å². The Morgan fingerprint density at radius 2 is 1.91 bits per heavy atom. The molecule has 4 aromatic rings. The van der Waals surface area contributed by atoms with Crippen molar-refractivity contribution in [2.75, 3.05) is 12.8 Å². The Balaban J connectivity index is 1.48. The van der Waals surface area contributed by atoms with Gasteiger partial charge < -0.3 is 15.2 Å². The highest BCUT2D eigenvalue weighted by Gasteiger charge is 2.23. The molecule has 0 atom stereocenters. The number of aryl methyl sites for hydroxylation is 2. The molecule has 0 saturated carbocycles. The zero-order valence-corrected chi connectivity index (χ0v) is 19.6. The van der Waals surface area contributed by atoms with E-state index in [1.54, 1.807) is 33.1 Å². The maximum absolute atomic E-state index is 12.8. The van der Waals surface area contributed by atoms with Crippen molar-refractivity contribution in [3.05, 3.63) is 70.5 Å². The molecule has 2 aromatic carbocycles. The molecule has 0 bridgehead atoms. The van der Waals surface area contributed by atoms with E-state index in [0.717, 1.165) is 15.8 Å². The van der Waals surface area contributed by atoms with Gasteiger partial charge in [0, 0.05) is 5.56 Å². The minimum Gasteiger partial charge on any atom is -0.493 e. The summed E-state index contributed by atoms with van der Waals surface area (Å²) < 4.78 is 17.1. The second-order valence-corrected chi connectivity index (χ2v) is 7.69. The van der Waals surface area contributed by atoms with Gasteiger partial charge in [-0.25, -0.2) is 10.1 Å². The number of benzene rings is 2. The maximum atomic E-state index is 12.8. The number of hydrogen-bond donors (Lipinski definition) is 2. The van der Waals surface area contributed by atoms with Crippen LogP contribution in [0.25, 0.3) is 5.82 Å². The summed E-state index contributed by atoms with van der Waals surface area (Å²) in [4.78, 5) is 12.8. The minimum atomic E-state index is -0.556. The number of hydrazone groups is 1. The van der Waals surface area contributed by atoms with Crippen molar-refractivity contribution >= 4 is 17.4 Å². The lowest BCUT2D eigenvalue weighted by molar-refractivity contribution is 0.0946. The van der Waals surface area contributed by atoms with Gasteiger partial charge in [-0.1, -0.05) is 35.0 Å². The molecule has 12 nitrogen and oxygen atoms in total. The highest BCUT2D eigenvalue weighted by Crippen LogP contribution is 2.29. The minimum absolute atomic E-state index is 0.0274.